The van der Waals surface area contributed by atoms with Gasteiger partial charge in [-0.3, -0.25) is 4.79 Å². The molecule has 1 spiro atoms. The summed E-state index contributed by atoms with van der Waals surface area (Å²) >= 11 is 0. The van der Waals surface area contributed by atoms with E-state index in [2.05, 4.69) is 20.8 Å². The Labute approximate surface area is 96.7 Å². The summed E-state index contributed by atoms with van der Waals surface area (Å²) in [4.78, 5) is 11.9. The number of Topliss-reactive ketones (excluding diaryl/α,β-unsaturated/α-hetero) is 1. The van der Waals surface area contributed by atoms with Gasteiger partial charge in [0, 0.05) is 23.3 Å². The molecule has 1 N–H and O–H groups in total. The zero-order chi connectivity index (χ0) is 11.7. The molecule has 0 aliphatic heterocycles. The highest BCUT2D eigenvalue weighted by molar-refractivity contribution is 5.99. The zero-order valence-electron chi connectivity index (χ0n) is 10.3. The molecule has 0 bridgehead atoms. The minimum atomic E-state index is -0.333. The van der Waals surface area contributed by atoms with Crippen LogP contribution in [0, 0.1) is 16.7 Å². The van der Waals surface area contributed by atoms with Crippen LogP contribution in [0.3, 0.4) is 0 Å². The number of fused-ring (bicyclic) bond motifs is 1. The van der Waals surface area contributed by atoms with Gasteiger partial charge in [0.15, 0.2) is 5.78 Å². The molecule has 0 aromatic carbocycles. The predicted octanol–water partition coefficient (Wildman–Crippen LogP) is 2.46. The summed E-state index contributed by atoms with van der Waals surface area (Å²) < 4.78 is 0. The Kier molecular flexibility index (Phi) is 1.83. The minimum absolute atomic E-state index is 0.0597. The van der Waals surface area contributed by atoms with Gasteiger partial charge >= 0.3 is 0 Å². The second-order valence-corrected chi connectivity index (χ2v) is 6.36. The largest absolute Gasteiger partial charge is 0.392 e. The SMILES string of the molecule is CC1=C2C(=O)CCC2C(O)C(C)(C)C12CC2. The van der Waals surface area contributed by atoms with Crippen LogP contribution in [-0.4, -0.2) is 17.0 Å². The number of aliphatic hydroxyl groups is 1. The van der Waals surface area contributed by atoms with Gasteiger partial charge in [-0.05, 0) is 31.6 Å². The molecular formula is C14H20O2. The maximum absolute atomic E-state index is 11.9. The second-order valence-electron chi connectivity index (χ2n) is 6.36. The fraction of sp³-hybridized carbons (Fsp3) is 0.786. The van der Waals surface area contributed by atoms with E-state index in [1.54, 1.807) is 0 Å². The lowest BCUT2D eigenvalue weighted by Gasteiger charge is -2.47. The van der Waals surface area contributed by atoms with E-state index in [1.165, 1.54) is 5.57 Å². The first-order valence-corrected chi connectivity index (χ1v) is 6.34. The van der Waals surface area contributed by atoms with Gasteiger partial charge < -0.3 is 5.11 Å². The Morgan fingerprint density at radius 2 is 1.94 bits per heavy atom. The monoisotopic (exact) mass is 220 g/mol. The number of hydrogen-bond acceptors (Lipinski definition) is 2. The Balaban J connectivity index is 2.19. The molecular weight excluding hydrogens is 200 g/mol. The highest BCUT2D eigenvalue weighted by Gasteiger charge is 2.64. The third-order valence-electron chi connectivity index (χ3n) is 5.58. The van der Waals surface area contributed by atoms with Gasteiger partial charge in [-0.1, -0.05) is 19.4 Å². The summed E-state index contributed by atoms with van der Waals surface area (Å²) in [7, 11) is 0. The molecule has 2 heteroatoms. The fourth-order valence-electron chi connectivity index (χ4n) is 4.25. The topological polar surface area (TPSA) is 37.3 Å². The van der Waals surface area contributed by atoms with Crippen molar-refractivity contribution in [1.82, 2.24) is 0 Å². The first-order valence-electron chi connectivity index (χ1n) is 6.34. The van der Waals surface area contributed by atoms with E-state index in [4.69, 9.17) is 0 Å². The number of carbonyl (C=O) groups is 1. The molecule has 0 heterocycles. The predicted molar refractivity (Wildman–Crippen MR) is 61.9 cm³/mol. The summed E-state index contributed by atoms with van der Waals surface area (Å²) in [6.07, 6.45) is 3.45. The molecule has 2 unspecified atom stereocenters. The van der Waals surface area contributed by atoms with Crippen LogP contribution >= 0.6 is 0 Å². The van der Waals surface area contributed by atoms with Crippen LogP contribution in [0.5, 0.6) is 0 Å². The van der Waals surface area contributed by atoms with Crippen molar-refractivity contribution in [2.24, 2.45) is 16.7 Å². The first kappa shape index (κ1) is 10.5. The Bertz CT molecular complexity index is 399. The normalized spacial score (nSPS) is 39.1. The molecule has 0 amide bonds. The van der Waals surface area contributed by atoms with Crippen molar-refractivity contribution in [3.05, 3.63) is 11.1 Å². The van der Waals surface area contributed by atoms with E-state index in [-0.39, 0.29) is 22.9 Å². The van der Waals surface area contributed by atoms with Crippen molar-refractivity contribution in [3.8, 4) is 0 Å². The Hall–Kier alpha value is -0.630. The van der Waals surface area contributed by atoms with Crippen molar-refractivity contribution in [2.45, 2.75) is 52.6 Å². The van der Waals surface area contributed by atoms with Gasteiger partial charge in [0.05, 0.1) is 6.10 Å². The van der Waals surface area contributed by atoms with E-state index in [0.29, 0.717) is 12.2 Å². The number of rotatable bonds is 0. The van der Waals surface area contributed by atoms with E-state index >= 15 is 0 Å². The number of hydrogen-bond donors (Lipinski definition) is 1. The van der Waals surface area contributed by atoms with Crippen molar-refractivity contribution in [1.29, 1.82) is 0 Å². The number of ketones is 1. The molecule has 2 fully saturated rings. The van der Waals surface area contributed by atoms with Crippen molar-refractivity contribution in [2.75, 3.05) is 0 Å². The third kappa shape index (κ3) is 0.951. The van der Waals surface area contributed by atoms with Gasteiger partial charge in [-0.2, -0.15) is 0 Å². The Morgan fingerprint density at radius 3 is 2.50 bits per heavy atom. The van der Waals surface area contributed by atoms with Crippen LogP contribution in [0.15, 0.2) is 11.1 Å². The number of aliphatic hydroxyl groups excluding tert-OH is 1. The zero-order valence-corrected chi connectivity index (χ0v) is 10.3. The Morgan fingerprint density at radius 1 is 1.31 bits per heavy atom. The second kappa shape index (κ2) is 2.79. The molecule has 88 valence electrons. The molecule has 3 rings (SSSR count). The van der Waals surface area contributed by atoms with Gasteiger partial charge in [-0.25, -0.2) is 0 Å². The quantitative estimate of drug-likeness (QED) is 0.681. The number of allylic oxidation sites excluding steroid dienone is 1. The summed E-state index contributed by atoms with van der Waals surface area (Å²) in [6, 6.07) is 0. The summed E-state index contributed by atoms with van der Waals surface area (Å²) in [5, 5.41) is 10.5. The molecule has 2 atom stereocenters. The molecule has 2 saturated carbocycles. The van der Waals surface area contributed by atoms with Gasteiger partial charge in [-0.15, -0.1) is 0 Å². The molecule has 0 aromatic heterocycles. The molecule has 0 radical (unpaired) electrons. The number of carbonyl (C=O) groups excluding carboxylic acids is 1. The summed E-state index contributed by atoms with van der Waals surface area (Å²) in [6.45, 7) is 6.48. The first-order chi connectivity index (χ1) is 7.42. The van der Waals surface area contributed by atoms with Gasteiger partial charge in [0.2, 0.25) is 0 Å². The van der Waals surface area contributed by atoms with E-state index < -0.39 is 0 Å². The van der Waals surface area contributed by atoms with Crippen molar-refractivity contribution < 1.29 is 9.90 Å². The van der Waals surface area contributed by atoms with Crippen molar-refractivity contribution in [3.63, 3.8) is 0 Å². The lowest BCUT2D eigenvalue weighted by atomic mass is 9.59. The van der Waals surface area contributed by atoms with E-state index in [1.807, 2.05) is 0 Å². The average Bonchev–Trinajstić information content (AvgIpc) is 2.95. The van der Waals surface area contributed by atoms with Crippen LogP contribution in [0.1, 0.15) is 46.5 Å². The van der Waals surface area contributed by atoms with Crippen molar-refractivity contribution >= 4 is 5.78 Å². The van der Waals surface area contributed by atoms with E-state index in [0.717, 1.165) is 24.8 Å². The molecule has 0 aromatic rings. The maximum Gasteiger partial charge on any atom is 0.159 e. The van der Waals surface area contributed by atoms with Crippen LogP contribution in [0.2, 0.25) is 0 Å². The molecule has 2 nitrogen and oxygen atoms in total. The lowest BCUT2D eigenvalue weighted by Crippen LogP contribution is -2.47. The highest BCUT2D eigenvalue weighted by atomic mass is 16.3. The van der Waals surface area contributed by atoms with Crippen LogP contribution in [-0.2, 0) is 4.79 Å². The standard InChI is InChI=1S/C14H20O2/c1-8-11-9(4-5-10(11)15)12(16)13(2,3)14(8)6-7-14/h9,12,16H,4-7H2,1-3H3. The highest BCUT2D eigenvalue weighted by Crippen LogP contribution is 2.69. The minimum Gasteiger partial charge on any atom is -0.392 e. The van der Waals surface area contributed by atoms with E-state index in [9.17, 15) is 9.90 Å². The summed E-state index contributed by atoms with van der Waals surface area (Å²) in [5.74, 6) is 0.414. The molecule has 3 aliphatic carbocycles. The fourth-order valence-corrected chi connectivity index (χ4v) is 4.25. The smallest absolute Gasteiger partial charge is 0.159 e. The maximum atomic E-state index is 11.9. The van der Waals surface area contributed by atoms with Gasteiger partial charge in [0.25, 0.3) is 0 Å². The summed E-state index contributed by atoms with van der Waals surface area (Å²) in [5.41, 5.74) is 2.37. The lowest BCUT2D eigenvalue weighted by molar-refractivity contribution is -0.115. The van der Waals surface area contributed by atoms with Crippen LogP contribution < -0.4 is 0 Å². The molecule has 3 aliphatic rings. The third-order valence-corrected chi connectivity index (χ3v) is 5.58. The van der Waals surface area contributed by atoms with Crippen LogP contribution in [0.4, 0.5) is 0 Å². The molecule has 16 heavy (non-hydrogen) atoms. The molecule has 0 saturated heterocycles. The van der Waals surface area contributed by atoms with Crippen LogP contribution in [0.25, 0.3) is 0 Å². The average molecular weight is 220 g/mol. The van der Waals surface area contributed by atoms with Gasteiger partial charge in [0.1, 0.15) is 0 Å².